The van der Waals surface area contributed by atoms with Gasteiger partial charge in [0.05, 0.1) is 11.0 Å². The number of nitrogens with zero attached hydrogens (tertiary/aromatic N) is 1. The van der Waals surface area contributed by atoms with E-state index in [1.165, 1.54) is 5.56 Å². The maximum Gasteiger partial charge on any atom is 0.269 e. The molecule has 2 aromatic rings. The average molecular weight is 327 g/mol. The fourth-order valence-corrected chi connectivity index (χ4v) is 3.82. The standard InChI is InChI=1S/C18H15ClN2O2/c19-12-6-4-11(5-7-12)18-15-3-1-2-14(15)16-10-13(21(22)23)8-9-17(16)20-18/h1-2,4-10,14-15,18,20H,3H2/t14-,15+,18-/m0/s1. The van der Waals surface area contributed by atoms with Crippen LogP contribution in [-0.2, 0) is 0 Å². The molecule has 1 N–H and O–H groups in total. The maximum atomic E-state index is 11.1. The molecule has 1 heterocycles. The number of nitrogens with one attached hydrogen (secondary N) is 1. The summed E-state index contributed by atoms with van der Waals surface area (Å²) in [6.07, 6.45) is 5.32. The molecule has 5 heteroatoms. The van der Waals surface area contributed by atoms with E-state index < -0.39 is 0 Å². The summed E-state index contributed by atoms with van der Waals surface area (Å²) in [6.45, 7) is 0. The minimum atomic E-state index is -0.334. The number of fused-ring (bicyclic) bond motifs is 3. The Morgan fingerprint density at radius 1 is 1.17 bits per heavy atom. The van der Waals surface area contributed by atoms with Gasteiger partial charge in [-0.15, -0.1) is 0 Å². The minimum absolute atomic E-state index is 0.148. The Kier molecular flexibility index (Phi) is 3.34. The third kappa shape index (κ3) is 2.39. The first-order chi connectivity index (χ1) is 11.1. The first kappa shape index (κ1) is 14.3. The zero-order valence-electron chi connectivity index (χ0n) is 12.3. The summed E-state index contributed by atoms with van der Waals surface area (Å²) in [5.41, 5.74) is 3.33. The van der Waals surface area contributed by atoms with Crippen molar-refractivity contribution < 1.29 is 4.92 Å². The molecule has 0 bridgehead atoms. The fourth-order valence-electron chi connectivity index (χ4n) is 3.70. The Labute approximate surface area is 138 Å². The van der Waals surface area contributed by atoms with Gasteiger partial charge in [0.1, 0.15) is 0 Å². The number of benzene rings is 2. The van der Waals surface area contributed by atoms with Crippen LogP contribution in [0, 0.1) is 16.0 Å². The lowest BCUT2D eigenvalue weighted by atomic mass is 9.77. The molecule has 2 aliphatic rings. The third-order valence-electron chi connectivity index (χ3n) is 4.79. The van der Waals surface area contributed by atoms with E-state index in [0.717, 1.165) is 22.7 Å². The van der Waals surface area contributed by atoms with E-state index in [-0.39, 0.29) is 22.6 Å². The lowest BCUT2D eigenvalue weighted by Gasteiger charge is -2.37. The Morgan fingerprint density at radius 2 is 1.96 bits per heavy atom. The van der Waals surface area contributed by atoms with Gasteiger partial charge >= 0.3 is 0 Å². The quantitative estimate of drug-likeness (QED) is 0.476. The predicted molar refractivity (Wildman–Crippen MR) is 90.9 cm³/mol. The summed E-state index contributed by atoms with van der Waals surface area (Å²) in [6, 6.07) is 13.2. The van der Waals surface area contributed by atoms with Gasteiger partial charge in [-0.3, -0.25) is 10.1 Å². The first-order valence-electron chi connectivity index (χ1n) is 7.60. The lowest BCUT2D eigenvalue weighted by Crippen LogP contribution is -2.29. The molecule has 0 aromatic heterocycles. The number of rotatable bonds is 2. The van der Waals surface area contributed by atoms with Gasteiger partial charge in [0.2, 0.25) is 0 Å². The highest BCUT2D eigenvalue weighted by molar-refractivity contribution is 6.30. The van der Waals surface area contributed by atoms with Crippen LogP contribution in [0.5, 0.6) is 0 Å². The highest BCUT2D eigenvalue weighted by atomic mass is 35.5. The molecule has 4 rings (SSSR count). The Morgan fingerprint density at radius 3 is 2.70 bits per heavy atom. The Bertz CT molecular complexity index is 801. The van der Waals surface area contributed by atoms with Crippen LogP contribution >= 0.6 is 11.6 Å². The zero-order valence-corrected chi connectivity index (χ0v) is 13.0. The van der Waals surface area contributed by atoms with E-state index in [9.17, 15) is 10.1 Å². The van der Waals surface area contributed by atoms with E-state index in [4.69, 9.17) is 11.6 Å². The number of hydrogen-bond donors (Lipinski definition) is 1. The molecule has 3 atom stereocenters. The molecule has 0 amide bonds. The van der Waals surface area contributed by atoms with Crippen molar-refractivity contribution in [3.8, 4) is 0 Å². The van der Waals surface area contributed by atoms with E-state index in [1.54, 1.807) is 12.1 Å². The van der Waals surface area contributed by atoms with Crippen LogP contribution in [0.4, 0.5) is 11.4 Å². The molecule has 4 nitrogen and oxygen atoms in total. The van der Waals surface area contributed by atoms with Crippen molar-refractivity contribution in [3.63, 3.8) is 0 Å². The van der Waals surface area contributed by atoms with Crippen LogP contribution in [0.1, 0.15) is 29.5 Å². The van der Waals surface area contributed by atoms with Crippen molar-refractivity contribution in [2.75, 3.05) is 5.32 Å². The van der Waals surface area contributed by atoms with Gasteiger partial charge in [-0.1, -0.05) is 35.9 Å². The molecule has 2 aromatic carbocycles. The summed E-state index contributed by atoms with van der Waals surface area (Å²) < 4.78 is 0. The number of anilines is 1. The van der Waals surface area contributed by atoms with Crippen molar-refractivity contribution >= 4 is 23.0 Å². The summed E-state index contributed by atoms with van der Waals surface area (Å²) in [7, 11) is 0. The number of nitro groups is 1. The molecule has 23 heavy (non-hydrogen) atoms. The molecular weight excluding hydrogens is 312 g/mol. The number of halogens is 1. The van der Waals surface area contributed by atoms with Gasteiger partial charge < -0.3 is 5.32 Å². The molecular formula is C18H15ClN2O2. The number of non-ortho nitro benzene ring substituents is 1. The smallest absolute Gasteiger partial charge is 0.269 e. The van der Waals surface area contributed by atoms with E-state index >= 15 is 0 Å². The molecule has 0 saturated carbocycles. The van der Waals surface area contributed by atoms with Gasteiger partial charge in [-0.05, 0) is 41.7 Å². The van der Waals surface area contributed by atoms with Crippen LogP contribution in [0.2, 0.25) is 5.02 Å². The van der Waals surface area contributed by atoms with Crippen LogP contribution in [0.15, 0.2) is 54.6 Å². The molecule has 0 saturated heterocycles. The normalized spacial score (nSPS) is 24.7. The van der Waals surface area contributed by atoms with E-state index in [1.807, 2.05) is 30.3 Å². The van der Waals surface area contributed by atoms with Crippen LogP contribution < -0.4 is 5.32 Å². The van der Waals surface area contributed by atoms with Gasteiger partial charge in [-0.25, -0.2) is 0 Å². The second kappa shape index (κ2) is 5.39. The molecule has 0 unspecified atom stereocenters. The van der Waals surface area contributed by atoms with Crippen LogP contribution in [-0.4, -0.2) is 4.92 Å². The highest BCUT2D eigenvalue weighted by Crippen LogP contribution is 2.50. The molecule has 0 fully saturated rings. The van der Waals surface area contributed by atoms with Gasteiger partial charge in [0, 0.05) is 28.8 Å². The SMILES string of the molecule is O=[N+]([O-])c1ccc2c(c1)[C@H]1C=CC[C@H]1[C@H](c1ccc(Cl)cc1)N2. The second-order valence-corrected chi connectivity index (χ2v) is 6.49. The lowest BCUT2D eigenvalue weighted by molar-refractivity contribution is -0.384. The molecule has 0 spiro atoms. The molecule has 1 aliphatic carbocycles. The summed E-state index contributed by atoms with van der Waals surface area (Å²) >= 11 is 5.99. The minimum Gasteiger partial charge on any atom is -0.378 e. The Balaban J connectivity index is 1.77. The topological polar surface area (TPSA) is 55.2 Å². The number of allylic oxidation sites excluding steroid dienone is 2. The zero-order chi connectivity index (χ0) is 16.0. The van der Waals surface area contributed by atoms with Crippen molar-refractivity contribution in [2.24, 2.45) is 5.92 Å². The van der Waals surface area contributed by atoms with Crippen LogP contribution in [0.3, 0.4) is 0 Å². The monoisotopic (exact) mass is 326 g/mol. The molecule has 0 radical (unpaired) electrons. The summed E-state index contributed by atoms with van der Waals surface area (Å²) in [5.74, 6) is 0.581. The number of nitro benzene ring substituents is 1. The predicted octanol–water partition coefficient (Wildman–Crippen LogP) is 5.07. The fraction of sp³-hybridized carbons (Fsp3) is 0.222. The van der Waals surface area contributed by atoms with E-state index in [2.05, 4.69) is 17.5 Å². The highest BCUT2D eigenvalue weighted by Gasteiger charge is 2.38. The average Bonchev–Trinajstić information content (AvgIpc) is 3.04. The largest absolute Gasteiger partial charge is 0.378 e. The summed E-state index contributed by atoms with van der Waals surface area (Å²) in [4.78, 5) is 10.7. The first-order valence-corrected chi connectivity index (χ1v) is 7.98. The number of hydrogen-bond acceptors (Lipinski definition) is 3. The molecule has 116 valence electrons. The molecule has 1 aliphatic heterocycles. The van der Waals surface area contributed by atoms with Crippen molar-refractivity contribution in [2.45, 2.75) is 18.4 Å². The van der Waals surface area contributed by atoms with Gasteiger partial charge in [0.15, 0.2) is 0 Å². The van der Waals surface area contributed by atoms with E-state index in [0.29, 0.717) is 5.92 Å². The third-order valence-corrected chi connectivity index (χ3v) is 5.04. The van der Waals surface area contributed by atoms with Crippen molar-refractivity contribution in [1.82, 2.24) is 0 Å². The van der Waals surface area contributed by atoms with Gasteiger partial charge in [-0.2, -0.15) is 0 Å². The van der Waals surface area contributed by atoms with Crippen molar-refractivity contribution in [3.05, 3.63) is 80.9 Å². The van der Waals surface area contributed by atoms with Crippen LogP contribution in [0.25, 0.3) is 0 Å². The van der Waals surface area contributed by atoms with Crippen molar-refractivity contribution in [1.29, 1.82) is 0 Å². The second-order valence-electron chi connectivity index (χ2n) is 6.06. The van der Waals surface area contributed by atoms with Gasteiger partial charge in [0.25, 0.3) is 5.69 Å². The Hall–Kier alpha value is -2.33. The maximum absolute atomic E-state index is 11.1. The summed E-state index contributed by atoms with van der Waals surface area (Å²) in [5, 5.41) is 15.3.